The molecule has 8 heteroatoms. The van der Waals surface area contributed by atoms with Crippen molar-refractivity contribution >= 4 is 21.4 Å². The van der Waals surface area contributed by atoms with Crippen molar-refractivity contribution in [3.8, 4) is 10.6 Å². The summed E-state index contributed by atoms with van der Waals surface area (Å²) in [5.74, 6) is 0.486. The summed E-state index contributed by atoms with van der Waals surface area (Å²) in [5.41, 5.74) is 0. The lowest BCUT2D eigenvalue weighted by Crippen LogP contribution is -2.17. The van der Waals surface area contributed by atoms with E-state index in [-0.39, 0.29) is 4.21 Å². The first-order chi connectivity index (χ1) is 7.13. The third-order valence-electron chi connectivity index (χ3n) is 1.64. The molecule has 0 atom stereocenters. The highest BCUT2D eigenvalue weighted by atomic mass is 32.2. The summed E-state index contributed by atoms with van der Waals surface area (Å²) in [5, 5.41) is 8.42. The van der Waals surface area contributed by atoms with E-state index >= 15 is 0 Å². The summed E-state index contributed by atoms with van der Waals surface area (Å²) in [6, 6.07) is 2.95. The van der Waals surface area contributed by atoms with Crippen LogP contribution >= 0.6 is 11.3 Å². The Morgan fingerprint density at radius 1 is 1.47 bits per heavy atom. The highest BCUT2D eigenvalue weighted by Crippen LogP contribution is 2.29. The molecule has 0 spiro atoms. The lowest BCUT2D eigenvalue weighted by molar-refractivity contribution is 0.243. The molecule has 2 aromatic rings. The van der Waals surface area contributed by atoms with E-state index in [4.69, 9.17) is 9.62 Å². The van der Waals surface area contributed by atoms with Gasteiger partial charge in [0.1, 0.15) is 4.21 Å². The fourth-order valence-corrected chi connectivity index (χ4v) is 2.83. The molecule has 6 nitrogen and oxygen atoms in total. The van der Waals surface area contributed by atoms with Crippen molar-refractivity contribution < 1.29 is 18.0 Å². The standard InChI is InChI=1S/C7H6N2O4S2/c10-9-15(11,12)7-2-1-6(14-7)5-3-8-4-13-5/h1-4,9-10H. The number of hydrogen-bond donors (Lipinski definition) is 2. The van der Waals surface area contributed by atoms with E-state index in [0.717, 1.165) is 11.3 Å². The van der Waals surface area contributed by atoms with Gasteiger partial charge in [0.2, 0.25) is 0 Å². The van der Waals surface area contributed by atoms with Crippen LogP contribution in [0.15, 0.2) is 33.3 Å². The Kier molecular flexibility index (Phi) is 2.57. The number of thiophene rings is 1. The number of sulfonamides is 1. The van der Waals surface area contributed by atoms with Crippen LogP contribution in [0.1, 0.15) is 0 Å². The Balaban J connectivity index is 2.41. The van der Waals surface area contributed by atoms with Crippen LogP contribution in [0.5, 0.6) is 0 Å². The Morgan fingerprint density at radius 2 is 2.27 bits per heavy atom. The molecular weight excluding hydrogens is 240 g/mol. The molecule has 0 unspecified atom stereocenters. The summed E-state index contributed by atoms with van der Waals surface area (Å²) >= 11 is 0.978. The summed E-state index contributed by atoms with van der Waals surface area (Å²) in [4.78, 5) is 5.59. The molecule has 2 rings (SSSR count). The smallest absolute Gasteiger partial charge is 0.271 e. The largest absolute Gasteiger partial charge is 0.443 e. The van der Waals surface area contributed by atoms with Gasteiger partial charge >= 0.3 is 0 Å². The van der Waals surface area contributed by atoms with Crippen LogP contribution in [-0.4, -0.2) is 18.6 Å². The normalized spacial score (nSPS) is 11.8. The number of hydrogen-bond acceptors (Lipinski definition) is 6. The summed E-state index contributed by atoms with van der Waals surface area (Å²) in [6.07, 6.45) is 2.74. The van der Waals surface area contributed by atoms with E-state index < -0.39 is 10.0 Å². The molecule has 0 amide bonds. The van der Waals surface area contributed by atoms with Gasteiger partial charge in [0.05, 0.1) is 11.1 Å². The lowest BCUT2D eigenvalue weighted by atomic mass is 10.4. The van der Waals surface area contributed by atoms with Crippen molar-refractivity contribution in [2.45, 2.75) is 4.21 Å². The molecule has 0 aliphatic carbocycles. The first kappa shape index (κ1) is 10.3. The third-order valence-corrected chi connectivity index (χ3v) is 4.35. The van der Waals surface area contributed by atoms with Crippen molar-refractivity contribution in [3.63, 3.8) is 0 Å². The van der Waals surface area contributed by atoms with Gasteiger partial charge in [0.25, 0.3) is 10.0 Å². The molecule has 2 N–H and O–H groups in total. The minimum atomic E-state index is -3.81. The van der Waals surface area contributed by atoms with Gasteiger partial charge < -0.3 is 9.62 Å². The van der Waals surface area contributed by atoms with Crippen molar-refractivity contribution in [1.82, 2.24) is 9.87 Å². The minimum absolute atomic E-state index is 0.0106. The SMILES string of the molecule is O=S(=O)(NO)c1ccc(-c2cnco2)s1. The van der Waals surface area contributed by atoms with Crippen LogP contribution in [0.4, 0.5) is 0 Å². The average Bonchev–Trinajstić information content (AvgIpc) is 2.88. The van der Waals surface area contributed by atoms with Crippen molar-refractivity contribution in [2.24, 2.45) is 0 Å². The Hall–Kier alpha value is -1.22. The second-order valence-electron chi connectivity index (χ2n) is 2.58. The maximum atomic E-state index is 11.2. The zero-order valence-corrected chi connectivity index (χ0v) is 8.88. The first-order valence-electron chi connectivity index (χ1n) is 3.78. The van der Waals surface area contributed by atoms with Gasteiger partial charge in [-0.3, -0.25) is 0 Å². The molecule has 0 bridgehead atoms. The van der Waals surface area contributed by atoms with E-state index in [2.05, 4.69) is 4.98 Å². The molecule has 0 aliphatic rings. The van der Waals surface area contributed by atoms with Gasteiger partial charge in [0.15, 0.2) is 12.2 Å². The number of rotatable bonds is 3. The van der Waals surface area contributed by atoms with Crippen LogP contribution in [-0.2, 0) is 10.0 Å². The Morgan fingerprint density at radius 3 is 2.87 bits per heavy atom. The molecular formula is C7H6N2O4S2. The molecule has 2 aromatic heterocycles. The topological polar surface area (TPSA) is 92.4 Å². The van der Waals surface area contributed by atoms with Gasteiger partial charge in [-0.05, 0) is 12.1 Å². The molecule has 0 saturated carbocycles. The summed E-state index contributed by atoms with van der Waals surface area (Å²) in [6.45, 7) is 0. The summed E-state index contributed by atoms with van der Waals surface area (Å²) < 4.78 is 27.4. The highest BCUT2D eigenvalue weighted by molar-refractivity contribution is 7.91. The monoisotopic (exact) mass is 246 g/mol. The number of nitrogens with one attached hydrogen (secondary N) is 1. The fourth-order valence-electron chi connectivity index (χ4n) is 0.979. The predicted octanol–water partition coefficient (Wildman–Crippen LogP) is 1.07. The van der Waals surface area contributed by atoms with Crippen LogP contribution in [0.3, 0.4) is 0 Å². The molecule has 0 aromatic carbocycles. The molecule has 0 saturated heterocycles. The number of aromatic nitrogens is 1. The van der Waals surface area contributed by atoms with Crippen LogP contribution in [0, 0.1) is 0 Å². The van der Waals surface area contributed by atoms with Crippen LogP contribution in [0.25, 0.3) is 10.6 Å². The Bertz CT molecular complexity index is 543. The van der Waals surface area contributed by atoms with Gasteiger partial charge in [-0.2, -0.15) is 0 Å². The van der Waals surface area contributed by atoms with E-state index in [1.807, 2.05) is 0 Å². The van der Waals surface area contributed by atoms with Crippen molar-refractivity contribution in [1.29, 1.82) is 0 Å². The van der Waals surface area contributed by atoms with Crippen LogP contribution < -0.4 is 4.89 Å². The molecule has 15 heavy (non-hydrogen) atoms. The Labute approximate surface area is 89.2 Å². The van der Waals surface area contributed by atoms with Crippen molar-refractivity contribution in [3.05, 3.63) is 24.7 Å². The van der Waals surface area contributed by atoms with E-state index in [0.29, 0.717) is 10.6 Å². The van der Waals surface area contributed by atoms with Crippen LogP contribution in [0.2, 0.25) is 0 Å². The third kappa shape index (κ3) is 1.92. The van der Waals surface area contributed by atoms with Gasteiger partial charge in [0, 0.05) is 0 Å². The maximum Gasteiger partial charge on any atom is 0.271 e. The zero-order valence-electron chi connectivity index (χ0n) is 7.25. The number of oxazole rings is 1. The maximum absolute atomic E-state index is 11.2. The van der Waals surface area contributed by atoms with Gasteiger partial charge in [-0.1, -0.05) is 4.89 Å². The average molecular weight is 246 g/mol. The van der Waals surface area contributed by atoms with Crippen molar-refractivity contribution in [2.75, 3.05) is 0 Å². The molecule has 2 heterocycles. The first-order valence-corrected chi connectivity index (χ1v) is 6.08. The predicted molar refractivity (Wildman–Crippen MR) is 51.9 cm³/mol. The molecule has 0 fully saturated rings. The number of nitrogens with zero attached hydrogens (tertiary/aromatic N) is 1. The second kappa shape index (κ2) is 3.74. The second-order valence-corrected chi connectivity index (χ2v) is 5.55. The molecule has 0 radical (unpaired) electrons. The lowest BCUT2D eigenvalue weighted by Gasteiger charge is -1.94. The zero-order chi connectivity index (χ0) is 10.9. The van der Waals surface area contributed by atoms with E-state index in [1.165, 1.54) is 23.5 Å². The molecule has 80 valence electrons. The highest BCUT2D eigenvalue weighted by Gasteiger charge is 2.16. The quantitative estimate of drug-likeness (QED) is 0.790. The van der Waals surface area contributed by atoms with Gasteiger partial charge in [-0.25, -0.2) is 13.4 Å². The molecule has 0 aliphatic heterocycles. The van der Waals surface area contributed by atoms with Gasteiger partial charge in [-0.15, -0.1) is 11.3 Å². The summed E-state index contributed by atoms with van der Waals surface area (Å²) in [7, 11) is -3.81. The van der Waals surface area contributed by atoms with E-state index in [9.17, 15) is 8.42 Å². The fraction of sp³-hybridized carbons (Fsp3) is 0. The minimum Gasteiger partial charge on any atom is -0.443 e. The van der Waals surface area contributed by atoms with E-state index in [1.54, 1.807) is 6.07 Å².